The lowest BCUT2D eigenvalue weighted by molar-refractivity contribution is -0.00841. The molecule has 7 heterocycles. The number of H-pyrrole nitrogens is 2. The fourth-order valence-electron chi connectivity index (χ4n) is 11.9. The number of fused-ring (bicyclic) bond motifs is 10. The van der Waals surface area contributed by atoms with Gasteiger partial charge in [-0.15, -0.1) is 0 Å². The zero-order valence-electron chi connectivity index (χ0n) is 58.5. The molecule has 0 spiro atoms. The van der Waals surface area contributed by atoms with Gasteiger partial charge in [-0.2, -0.15) is 0 Å². The normalized spacial score (nSPS) is 16.9. The number of nitrogens with zero attached hydrogens (tertiary/aromatic N) is 2. The molecule has 0 saturated heterocycles. The van der Waals surface area contributed by atoms with E-state index in [0.29, 0.717) is 142 Å². The van der Waals surface area contributed by atoms with E-state index in [-0.39, 0.29) is 34.9 Å². The summed E-state index contributed by atoms with van der Waals surface area (Å²) in [7, 11) is 0. The van der Waals surface area contributed by atoms with E-state index in [4.69, 9.17) is 66.8 Å². The van der Waals surface area contributed by atoms with Gasteiger partial charge in [0, 0.05) is 44.3 Å². The maximum absolute atomic E-state index is 6.64. The summed E-state index contributed by atoms with van der Waals surface area (Å²) in [5.41, 5.74) is 18.1. The fraction of sp³-hybridized carbons (Fsp3) is 0.450. The minimum atomic E-state index is -0.177. The molecule has 16 heteroatoms. The standard InChI is InChI=1S/C80H98N4O12/c1-77(2,3)57-45-55(46-58(51-57)78(4,5)6)75-65-19-15-61(81-65)73(53-13-23-69-71(49-53)95-43-39-91-35-31-87-27-25-85-29-33-89-37-41-93-69)63-17-21-67(83-63)76(56-47-59(79(7,8)9)52-60(48-56)80(10,11)12)68-22-18-64(84-68)74(62-16-20-66(75)82-62)54-14-24-70-72(50-54)96-44-40-92-36-32-88-28-26-86-30-34-90-38-42-94-70/h13-24,45-52,81,84H,25-44H2,1-12H3. The minimum absolute atomic E-state index is 0.177. The molecule has 16 nitrogen and oxygen atoms in total. The molecule has 0 atom stereocenters. The summed E-state index contributed by atoms with van der Waals surface area (Å²) < 4.78 is 72.9. The summed E-state index contributed by atoms with van der Waals surface area (Å²) in [6.45, 7) is 35.4. The summed E-state index contributed by atoms with van der Waals surface area (Å²) in [5, 5.41) is 0. The van der Waals surface area contributed by atoms with Crippen molar-refractivity contribution in [3.8, 4) is 67.5 Å². The van der Waals surface area contributed by atoms with Crippen LogP contribution in [-0.4, -0.2) is 152 Å². The average Bonchev–Trinajstić information content (AvgIpc) is 1.59. The van der Waals surface area contributed by atoms with E-state index in [9.17, 15) is 0 Å². The van der Waals surface area contributed by atoms with Gasteiger partial charge in [-0.1, -0.05) is 132 Å². The van der Waals surface area contributed by atoms with Gasteiger partial charge in [-0.25, -0.2) is 9.97 Å². The van der Waals surface area contributed by atoms with Crippen LogP contribution in [0.2, 0.25) is 0 Å². The highest BCUT2D eigenvalue weighted by Crippen LogP contribution is 2.45. The number of hydrogen-bond acceptors (Lipinski definition) is 14. The molecular formula is C80H98N4O12. The van der Waals surface area contributed by atoms with Crippen LogP contribution in [0.4, 0.5) is 0 Å². The van der Waals surface area contributed by atoms with Gasteiger partial charge in [0.15, 0.2) is 23.0 Å². The topological polar surface area (TPSA) is 168 Å². The molecule has 4 aromatic carbocycles. The Bertz CT molecular complexity index is 3730. The highest BCUT2D eigenvalue weighted by Gasteiger charge is 2.27. The molecule has 0 fully saturated rings. The Labute approximate surface area is 567 Å². The number of hydrogen-bond donors (Lipinski definition) is 2. The van der Waals surface area contributed by atoms with Crippen molar-refractivity contribution in [1.82, 2.24) is 19.9 Å². The van der Waals surface area contributed by atoms with Crippen molar-refractivity contribution in [2.24, 2.45) is 0 Å². The maximum atomic E-state index is 6.64. The van der Waals surface area contributed by atoms with Crippen molar-refractivity contribution in [3.05, 3.63) is 142 Å². The van der Waals surface area contributed by atoms with Crippen LogP contribution in [0.1, 0.15) is 128 Å². The Morgan fingerprint density at radius 2 is 0.479 bits per heavy atom. The molecule has 8 bridgehead atoms. The van der Waals surface area contributed by atoms with Crippen LogP contribution in [0.3, 0.4) is 0 Å². The Kier molecular flexibility index (Phi) is 22.7. The van der Waals surface area contributed by atoms with Crippen LogP contribution in [0.15, 0.2) is 97.1 Å². The second kappa shape index (κ2) is 31.3. The highest BCUT2D eigenvalue weighted by molar-refractivity contribution is 6.00. The molecule has 0 aliphatic carbocycles. The van der Waals surface area contributed by atoms with Gasteiger partial charge in [-0.3, -0.25) is 0 Å². The van der Waals surface area contributed by atoms with Crippen molar-refractivity contribution in [1.29, 1.82) is 0 Å². The van der Waals surface area contributed by atoms with Crippen molar-refractivity contribution in [2.45, 2.75) is 105 Å². The minimum Gasteiger partial charge on any atom is -0.487 e. The summed E-state index contributed by atoms with van der Waals surface area (Å²) in [6.07, 6.45) is 8.58. The number of aromatic nitrogens is 4. The highest BCUT2D eigenvalue weighted by atomic mass is 16.6. The molecule has 510 valence electrons. The number of ether oxygens (including phenoxy) is 12. The second-order valence-corrected chi connectivity index (χ2v) is 28.7. The van der Waals surface area contributed by atoms with Crippen LogP contribution in [0.25, 0.3) is 90.9 Å². The van der Waals surface area contributed by atoms with Gasteiger partial charge in [0.2, 0.25) is 0 Å². The molecule has 0 amide bonds. The van der Waals surface area contributed by atoms with Crippen molar-refractivity contribution in [3.63, 3.8) is 0 Å². The lowest BCUT2D eigenvalue weighted by Gasteiger charge is -2.26. The van der Waals surface area contributed by atoms with Gasteiger partial charge in [0.05, 0.1) is 128 Å². The largest absolute Gasteiger partial charge is 0.487 e. The van der Waals surface area contributed by atoms with Crippen LogP contribution in [-0.2, 0) is 59.6 Å². The molecule has 7 aromatic rings. The Morgan fingerprint density at radius 3 is 0.729 bits per heavy atom. The maximum Gasteiger partial charge on any atom is 0.161 e. The van der Waals surface area contributed by atoms with Gasteiger partial charge in [-0.05, 0) is 139 Å². The molecule has 0 radical (unpaired) electrons. The molecule has 2 N–H and O–H groups in total. The first-order chi connectivity index (χ1) is 46.2. The third-order valence-electron chi connectivity index (χ3n) is 17.3. The first kappa shape index (κ1) is 69.7. The number of nitrogens with one attached hydrogen (secondary N) is 2. The van der Waals surface area contributed by atoms with Crippen LogP contribution in [0, 0.1) is 0 Å². The molecule has 11 rings (SSSR count). The molecule has 96 heavy (non-hydrogen) atoms. The third-order valence-corrected chi connectivity index (χ3v) is 17.3. The molecule has 4 aliphatic heterocycles. The molecule has 4 aliphatic rings. The lowest BCUT2D eigenvalue weighted by Crippen LogP contribution is -2.16. The molecular weight excluding hydrogens is 1210 g/mol. The van der Waals surface area contributed by atoms with Crippen LogP contribution < -0.4 is 18.9 Å². The van der Waals surface area contributed by atoms with Crippen molar-refractivity contribution < 1.29 is 56.8 Å². The molecule has 0 saturated carbocycles. The quantitative estimate of drug-likeness (QED) is 0.171. The van der Waals surface area contributed by atoms with Crippen LogP contribution in [0.5, 0.6) is 23.0 Å². The van der Waals surface area contributed by atoms with E-state index in [0.717, 1.165) is 89.4 Å². The fourth-order valence-corrected chi connectivity index (χ4v) is 11.9. The van der Waals surface area contributed by atoms with Gasteiger partial charge < -0.3 is 66.8 Å². The zero-order chi connectivity index (χ0) is 67.5. The first-order valence-electron chi connectivity index (χ1n) is 34.1. The Hall–Kier alpha value is -7.64. The Balaban J connectivity index is 1.19. The molecule has 0 unspecified atom stereocenters. The van der Waals surface area contributed by atoms with E-state index in [1.165, 1.54) is 22.3 Å². The summed E-state index contributed by atoms with van der Waals surface area (Å²) >= 11 is 0. The summed E-state index contributed by atoms with van der Waals surface area (Å²) in [6, 6.07) is 35.0. The number of aromatic amines is 2. The smallest absolute Gasteiger partial charge is 0.161 e. The zero-order valence-corrected chi connectivity index (χ0v) is 58.5. The van der Waals surface area contributed by atoms with Crippen LogP contribution >= 0.6 is 0 Å². The summed E-state index contributed by atoms with van der Waals surface area (Å²) in [5.74, 6) is 2.30. The van der Waals surface area contributed by atoms with Crippen molar-refractivity contribution in [2.75, 3.05) is 132 Å². The van der Waals surface area contributed by atoms with E-state index in [2.05, 4.69) is 202 Å². The monoisotopic (exact) mass is 1310 g/mol. The predicted octanol–water partition coefficient (Wildman–Crippen LogP) is 16.2. The van der Waals surface area contributed by atoms with Gasteiger partial charge in [0.25, 0.3) is 0 Å². The van der Waals surface area contributed by atoms with E-state index in [1.54, 1.807) is 0 Å². The Morgan fingerprint density at radius 1 is 0.250 bits per heavy atom. The van der Waals surface area contributed by atoms with E-state index < -0.39 is 0 Å². The number of rotatable bonds is 4. The summed E-state index contributed by atoms with van der Waals surface area (Å²) in [4.78, 5) is 19.6. The third kappa shape index (κ3) is 17.7. The van der Waals surface area contributed by atoms with E-state index >= 15 is 0 Å². The van der Waals surface area contributed by atoms with Gasteiger partial charge in [0.1, 0.15) is 26.4 Å². The first-order valence-corrected chi connectivity index (χ1v) is 34.1. The molecule has 3 aromatic heterocycles. The second-order valence-electron chi connectivity index (χ2n) is 28.7. The average molecular weight is 1310 g/mol. The SMILES string of the molecule is CC(C)(C)c1cc(-c2c3nc(c(-c4ccc5c(c4)OCCOCCOCCOCCOCCO5)c4ccc([nH]4)c(-c4cc(C(C)(C)C)cc(C(C)(C)C)c4)c4nc(c(-c5ccc6c(c5)OCCOCCOCCOCCOCCO6)c5ccc2[nH]5)C=C4)C=C3)cc(C(C)(C)C)c1. The van der Waals surface area contributed by atoms with E-state index in [1.807, 2.05) is 12.1 Å². The predicted molar refractivity (Wildman–Crippen MR) is 384 cm³/mol. The van der Waals surface area contributed by atoms with Gasteiger partial charge >= 0.3 is 0 Å². The van der Waals surface area contributed by atoms with Crippen molar-refractivity contribution >= 4 is 46.4 Å². The lowest BCUT2D eigenvalue weighted by atomic mass is 9.78. The number of benzene rings is 4.